The lowest BCUT2D eigenvalue weighted by molar-refractivity contribution is -0.142. The molecule has 0 aromatic carbocycles. The summed E-state index contributed by atoms with van der Waals surface area (Å²) in [5.74, 6) is -4.10. The Morgan fingerprint density at radius 1 is 1.00 bits per heavy atom. The molecule has 0 bridgehead atoms. The van der Waals surface area contributed by atoms with Crippen molar-refractivity contribution in [2.75, 3.05) is 6.54 Å². The highest BCUT2D eigenvalue weighted by molar-refractivity contribution is 5.95. The van der Waals surface area contributed by atoms with Gasteiger partial charge in [0.15, 0.2) is 0 Å². The number of rotatable bonds is 17. The van der Waals surface area contributed by atoms with Crippen molar-refractivity contribution in [2.24, 2.45) is 23.1 Å². The zero-order valence-electron chi connectivity index (χ0n) is 20.7. The van der Waals surface area contributed by atoms with Crippen molar-refractivity contribution in [2.45, 2.75) is 76.5 Å². The standard InChI is InChI=1S/C22H38N8O6/c1-12(2)7-16(21(34)30-17(22(35)36)8-13-10-26-11-27-13)29-20(33)15(5-3-4-6-23)28-19(32)14(24)9-18(25)31/h10-12,14-17H,3-9,23-24H2,1-2H3,(H2,25,31)(H,26,27)(H,28,32)(H,29,33)(H,30,34)(H,35,36). The Labute approximate surface area is 209 Å². The summed E-state index contributed by atoms with van der Waals surface area (Å²) >= 11 is 0. The van der Waals surface area contributed by atoms with Gasteiger partial charge in [-0.1, -0.05) is 13.8 Å². The second-order valence-corrected chi connectivity index (χ2v) is 8.99. The predicted octanol–water partition coefficient (Wildman–Crippen LogP) is -2.13. The van der Waals surface area contributed by atoms with Gasteiger partial charge in [0.25, 0.3) is 0 Å². The molecule has 14 heteroatoms. The Morgan fingerprint density at radius 3 is 2.14 bits per heavy atom. The highest BCUT2D eigenvalue weighted by Gasteiger charge is 2.31. The first-order valence-electron chi connectivity index (χ1n) is 11.8. The topological polar surface area (TPSA) is 248 Å². The van der Waals surface area contributed by atoms with Crippen molar-refractivity contribution < 1.29 is 29.1 Å². The van der Waals surface area contributed by atoms with Crippen LogP contribution in [0.4, 0.5) is 0 Å². The smallest absolute Gasteiger partial charge is 0.326 e. The van der Waals surface area contributed by atoms with Crippen LogP contribution >= 0.6 is 0 Å². The summed E-state index contributed by atoms with van der Waals surface area (Å²) in [6.07, 6.45) is 3.96. The molecular weight excluding hydrogens is 472 g/mol. The molecular formula is C22H38N8O6. The molecule has 4 amide bonds. The molecule has 1 aromatic rings. The van der Waals surface area contributed by atoms with Crippen LogP contribution in [0.1, 0.15) is 51.6 Å². The van der Waals surface area contributed by atoms with Crippen molar-refractivity contribution in [3.63, 3.8) is 0 Å². The number of amides is 4. The van der Waals surface area contributed by atoms with Crippen LogP contribution in [-0.4, -0.2) is 75.4 Å². The zero-order valence-corrected chi connectivity index (χ0v) is 20.7. The molecule has 11 N–H and O–H groups in total. The molecule has 1 heterocycles. The molecule has 0 saturated carbocycles. The molecule has 1 rings (SSSR count). The Morgan fingerprint density at radius 2 is 1.61 bits per heavy atom. The van der Waals surface area contributed by atoms with Gasteiger partial charge in [-0.25, -0.2) is 9.78 Å². The number of aliphatic carboxylic acids is 1. The fraction of sp³-hybridized carbons (Fsp3) is 0.636. The summed E-state index contributed by atoms with van der Waals surface area (Å²) in [4.78, 5) is 67.9. The molecule has 0 fully saturated rings. The Hall–Kier alpha value is -3.52. The lowest BCUT2D eigenvalue weighted by Gasteiger charge is -2.26. The second kappa shape index (κ2) is 15.5. The fourth-order valence-corrected chi connectivity index (χ4v) is 3.41. The van der Waals surface area contributed by atoms with E-state index in [2.05, 4.69) is 25.9 Å². The van der Waals surface area contributed by atoms with E-state index in [4.69, 9.17) is 17.2 Å². The molecule has 0 radical (unpaired) electrons. The molecule has 4 unspecified atom stereocenters. The van der Waals surface area contributed by atoms with Crippen LogP contribution in [0.15, 0.2) is 12.5 Å². The molecule has 0 spiro atoms. The number of nitrogens with zero attached hydrogens (tertiary/aromatic N) is 1. The molecule has 0 saturated heterocycles. The minimum Gasteiger partial charge on any atom is -0.480 e. The quantitative estimate of drug-likeness (QED) is 0.106. The molecule has 0 aliphatic rings. The first kappa shape index (κ1) is 30.5. The van der Waals surface area contributed by atoms with E-state index in [1.54, 1.807) is 0 Å². The summed E-state index contributed by atoms with van der Waals surface area (Å²) in [6, 6.07) is -4.60. The van der Waals surface area contributed by atoms with Crippen molar-refractivity contribution in [3.8, 4) is 0 Å². The number of carboxylic acids is 1. The van der Waals surface area contributed by atoms with E-state index >= 15 is 0 Å². The van der Waals surface area contributed by atoms with Crippen LogP contribution < -0.4 is 33.2 Å². The minimum atomic E-state index is -1.25. The van der Waals surface area contributed by atoms with Gasteiger partial charge < -0.3 is 43.2 Å². The first-order chi connectivity index (χ1) is 16.9. The lowest BCUT2D eigenvalue weighted by Crippen LogP contribution is -2.57. The monoisotopic (exact) mass is 510 g/mol. The number of nitrogens with two attached hydrogens (primary N) is 3. The van der Waals surface area contributed by atoms with Gasteiger partial charge in [0.05, 0.1) is 18.8 Å². The van der Waals surface area contributed by atoms with Crippen LogP contribution in [0.2, 0.25) is 0 Å². The second-order valence-electron chi connectivity index (χ2n) is 8.99. The summed E-state index contributed by atoms with van der Waals surface area (Å²) in [7, 11) is 0. The van der Waals surface area contributed by atoms with Gasteiger partial charge in [-0.15, -0.1) is 0 Å². The van der Waals surface area contributed by atoms with E-state index in [-0.39, 0.29) is 25.2 Å². The number of nitrogens with one attached hydrogen (secondary N) is 4. The van der Waals surface area contributed by atoms with Crippen LogP contribution in [-0.2, 0) is 30.4 Å². The van der Waals surface area contributed by atoms with Gasteiger partial charge in [-0.05, 0) is 38.1 Å². The summed E-state index contributed by atoms with van der Waals surface area (Å²) in [6.45, 7) is 4.07. The number of aromatic amines is 1. The van der Waals surface area contributed by atoms with Crippen LogP contribution in [0, 0.1) is 5.92 Å². The number of carbonyl (C=O) groups excluding carboxylic acids is 4. The molecule has 202 valence electrons. The number of carboxylic acid groups (broad SMARTS) is 1. The van der Waals surface area contributed by atoms with Crippen molar-refractivity contribution >= 4 is 29.6 Å². The number of hydrogen-bond acceptors (Lipinski definition) is 8. The summed E-state index contributed by atoms with van der Waals surface area (Å²) in [5, 5.41) is 17.1. The predicted molar refractivity (Wildman–Crippen MR) is 130 cm³/mol. The zero-order chi connectivity index (χ0) is 27.3. The van der Waals surface area contributed by atoms with Crippen LogP contribution in [0.3, 0.4) is 0 Å². The van der Waals surface area contributed by atoms with E-state index in [9.17, 15) is 29.1 Å². The first-order valence-corrected chi connectivity index (χ1v) is 11.8. The number of primary amides is 1. The maximum Gasteiger partial charge on any atom is 0.326 e. The van der Waals surface area contributed by atoms with Gasteiger partial charge in [0.1, 0.15) is 18.1 Å². The fourth-order valence-electron chi connectivity index (χ4n) is 3.41. The molecule has 4 atom stereocenters. The average Bonchev–Trinajstić information content (AvgIpc) is 3.29. The third-order valence-corrected chi connectivity index (χ3v) is 5.27. The van der Waals surface area contributed by atoms with E-state index in [0.29, 0.717) is 25.1 Å². The number of aromatic nitrogens is 2. The lowest BCUT2D eigenvalue weighted by atomic mass is 10.0. The van der Waals surface area contributed by atoms with Gasteiger partial charge in [-0.3, -0.25) is 19.2 Å². The normalized spacial score (nSPS) is 14.4. The van der Waals surface area contributed by atoms with Crippen LogP contribution in [0.5, 0.6) is 0 Å². The summed E-state index contributed by atoms with van der Waals surface area (Å²) < 4.78 is 0. The SMILES string of the molecule is CC(C)CC(NC(=O)C(CCCCN)NC(=O)C(N)CC(N)=O)C(=O)NC(Cc1cnc[nH]1)C(=O)O. The molecule has 14 nitrogen and oxygen atoms in total. The molecule has 1 aromatic heterocycles. The van der Waals surface area contributed by atoms with Gasteiger partial charge in [0, 0.05) is 18.3 Å². The number of carbonyl (C=O) groups is 5. The number of H-pyrrole nitrogens is 1. The van der Waals surface area contributed by atoms with Gasteiger partial charge >= 0.3 is 5.97 Å². The maximum atomic E-state index is 13.1. The number of unbranched alkanes of at least 4 members (excludes halogenated alkanes) is 1. The van der Waals surface area contributed by atoms with Crippen molar-refractivity contribution in [1.82, 2.24) is 25.9 Å². The van der Waals surface area contributed by atoms with Crippen molar-refractivity contribution in [3.05, 3.63) is 18.2 Å². The Balaban J connectivity index is 2.97. The molecule has 36 heavy (non-hydrogen) atoms. The minimum absolute atomic E-state index is 0.0220. The van der Waals surface area contributed by atoms with Crippen molar-refractivity contribution in [1.29, 1.82) is 0 Å². The van der Waals surface area contributed by atoms with Crippen LogP contribution in [0.25, 0.3) is 0 Å². The molecule has 0 aliphatic carbocycles. The average molecular weight is 511 g/mol. The highest BCUT2D eigenvalue weighted by Crippen LogP contribution is 2.09. The molecule has 0 aliphatic heterocycles. The van der Waals surface area contributed by atoms with Gasteiger partial charge in [-0.2, -0.15) is 0 Å². The van der Waals surface area contributed by atoms with E-state index in [0.717, 1.165) is 0 Å². The third-order valence-electron chi connectivity index (χ3n) is 5.27. The Kier molecular flexibility index (Phi) is 13.1. The van der Waals surface area contributed by atoms with E-state index in [1.807, 2.05) is 13.8 Å². The Bertz CT molecular complexity index is 876. The summed E-state index contributed by atoms with van der Waals surface area (Å²) in [5.41, 5.74) is 16.8. The largest absolute Gasteiger partial charge is 0.480 e. The van der Waals surface area contributed by atoms with E-state index < -0.39 is 60.2 Å². The maximum absolute atomic E-state index is 13.1. The number of imidazole rings is 1. The highest BCUT2D eigenvalue weighted by atomic mass is 16.4. The van der Waals surface area contributed by atoms with E-state index in [1.165, 1.54) is 12.5 Å². The number of hydrogen-bond donors (Lipinski definition) is 8. The third kappa shape index (κ3) is 11.3. The van der Waals surface area contributed by atoms with Gasteiger partial charge in [0.2, 0.25) is 23.6 Å².